The molecule has 0 aromatic heterocycles. The fourth-order valence-electron chi connectivity index (χ4n) is 2.17. The lowest BCUT2D eigenvalue weighted by Crippen LogP contribution is -2.41. The number of para-hydroxylation sites is 1. The minimum atomic E-state index is -0.450. The van der Waals surface area contributed by atoms with Crippen LogP contribution in [0.4, 0.5) is 14.5 Å². The predicted molar refractivity (Wildman–Crippen MR) is 93.8 cm³/mol. The minimum Gasteiger partial charge on any atom is -0.489 e. The number of halogens is 2. The van der Waals surface area contributed by atoms with Crippen LogP contribution < -0.4 is 10.1 Å². The van der Waals surface area contributed by atoms with E-state index in [1.807, 2.05) is 0 Å². The minimum absolute atomic E-state index is 0.183. The predicted octanol–water partition coefficient (Wildman–Crippen LogP) is 3.61. The van der Waals surface area contributed by atoms with Crippen LogP contribution in [0.3, 0.4) is 0 Å². The van der Waals surface area contributed by atoms with Crippen molar-refractivity contribution in [2.45, 2.75) is 19.9 Å². The van der Waals surface area contributed by atoms with Crippen molar-refractivity contribution in [2.75, 3.05) is 25.5 Å². The Morgan fingerprint density at radius 1 is 1.20 bits per heavy atom. The first-order valence-electron chi connectivity index (χ1n) is 8.03. The van der Waals surface area contributed by atoms with E-state index in [0.29, 0.717) is 17.8 Å². The van der Waals surface area contributed by atoms with E-state index in [9.17, 15) is 13.6 Å². The molecule has 0 aliphatic heterocycles. The van der Waals surface area contributed by atoms with Gasteiger partial charge in [-0.3, -0.25) is 9.69 Å². The molecule has 0 fully saturated rings. The molecule has 2 aromatic carbocycles. The van der Waals surface area contributed by atoms with E-state index in [1.165, 1.54) is 12.1 Å². The van der Waals surface area contributed by atoms with Crippen molar-refractivity contribution in [3.63, 3.8) is 0 Å². The van der Waals surface area contributed by atoms with Crippen molar-refractivity contribution in [1.82, 2.24) is 4.90 Å². The highest BCUT2D eigenvalue weighted by molar-refractivity contribution is 5.94. The summed E-state index contributed by atoms with van der Waals surface area (Å²) in [7, 11) is 1.77. The lowest BCUT2D eigenvalue weighted by Gasteiger charge is -2.24. The van der Waals surface area contributed by atoms with E-state index in [0.717, 1.165) is 0 Å². The van der Waals surface area contributed by atoms with E-state index < -0.39 is 11.9 Å². The summed E-state index contributed by atoms with van der Waals surface area (Å²) in [5, 5.41) is 2.69. The Morgan fingerprint density at radius 3 is 2.60 bits per heavy atom. The van der Waals surface area contributed by atoms with Crippen LogP contribution in [0, 0.1) is 18.6 Å². The van der Waals surface area contributed by atoms with Crippen molar-refractivity contribution in [3.8, 4) is 5.75 Å². The molecule has 0 radical (unpaired) electrons. The molecule has 1 unspecified atom stereocenters. The van der Waals surface area contributed by atoms with Crippen LogP contribution >= 0.6 is 0 Å². The summed E-state index contributed by atoms with van der Waals surface area (Å²) in [6.07, 6.45) is 0. The van der Waals surface area contributed by atoms with Gasteiger partial charge in [-0.25, -0.2) is 8.78 Å². The molecule has 0 saturated heterocycles. The third-order valence-corrected chi connectivity index (χ3v) is 4.02. The number of nitrogens with zero attached hydrogens (tertiary/aromatic N) is 1. The normalized spacial score (nSPS) is 12.1. The molecule has 25 heavy (non-hydrogen) atoms. The zero-order valence-electron chi connectivity index (χ0n) is 14.6. The molecule has 0 aliphatic carbocycles. The Kier molecular flexibility index (Phi) is 6.47. The topological polar surface area (TPSA) is 41.6 Å². The number of rotatable bonds is 7. The fraction of sp³-hybridized carbons (Fsp3) is 0.316. The molecule has 0 heterocycles. The first kappa shape index (κ1) is 18.9. The summed E-state index contributed by atoms with van der Waals surface area (Å²) >= 11 is 0. The number of carbonyl (C=O) groups excluding carboxylic acids is 1. The van der Waals surface area contributed by atoms with E-state index in [1.54, 1.807) is 56.1 Å². The lowest BCUT2D eigenvalue weighted by atomic mass is 10.2. The lowest BCUT2D eigenvalue weighted by molar-refractivity contribution is -0.120. The molecule has 134 valence electrons. The van der Waals surface area contributed by atoms with Crippen molar-refractivity contribution < 1.29 is 18.3 Å². The fourth-order valence-corrected chi connectivity index (χ4v) is 2.17. The number of likely N-dealkylation sites (N-methyl/N-ethyl adjacent to an activating group) is 1. The van der Waals surface area contributed by atoms with Crippen LogP contribution in [0.25, 0.3) is 0 Å². The summed E-state index contributed by atoms with van der Waals surface area (Å²) in [6.45, 7) is 4.08. The number of nitrogens with one attached hydrogen (secondary N) is 1. The van der Waals surface area contributed by atoms with E-state index in [4.69, 9.17) is 4.74 Å². The molecule has 1 atom stereocenters. The molecule has 1 amide bonds. The van der Waals surface area contributed by atoms with E-state index in [2.05, 4.69) is 5.32 Å². The number of hydrogen-bond acceptors (Lipinski definition) is 3. The highest BCUT2D eigenvalue weighted by Gasteiger charge is 2.18. The van der Waals surface area contributed by atoms with Crippen LogP contribution in [0.15, 0.2) is 42.5 Å². The first-order valence-corrected chi connectivity index (χ1v) is 8.03. The second-order valence-electron chi connectivity index (χ2n) is 5.89. The summed E-state index contributed by atoms with van der Waals surface area (Å²) in [5.74, 6) is -0.853. The molecular formula is C19H22F2N2O2. The second-order valence-corrected chi connectivity index (χ2v) is 5.89. The molecule has 0 spiro atoms. The molecule has 1 N–H and O–H groups in total. The van der Waals surface area contributed by atoms with Gasteiger partial charge >= 0.3 is 0 Å². The zero-order chi connectivity index (χ0) is 18.4. The van der Waals surface area contributed by atoms with Gasteiger partial charge in [0.15, 0.2) is 11.6 Å². The molecule has 2 aromatic rings. The van der Waals surface area contributed by atoms with Gasteiger partial charge in [0.2, 0.25) is 5.91 Å². The first-order chi connectivity index (χ1) is 11.9. The average Bonchev–Trinajstić information content (AvgIpc) is 2.59. The summed E-state index contributed by atoms with van der Waals surface area (Å²) in [6, 6.07) is 10.3. The van der Waals surface area contributed by atoms with E-state index >= 15 is 0 Å². The van der Waals surface area contributed by atoms with Gasteiger partial charge in [-0.1, -0.05) is 18.2 Å². The summed E-state index contributed by atoms with van der Waals surface area (Å²) in [4.78, 5) is 14.0. The van der Waals surface area contributed by atoms with Gasteiger partial charge in [-0.05, 0) is 50.7 Å². The maximum atomic E-state index is 13.5. The number of carbonyl (C=O) groups is 1. The quantitative estimate of drug-likeness (QED) is 0.831. The van der Waals surface area contributed by atoms with Crippen molar-refractivity contribution in [1.29, 1.82) is 0 Å². The monoisotopic (exact) mass is 348 g/mol. The summed E-state index contributed by atoms with van der Waals surface area (Å²) < 4.78 is 32.4. The van der Waals surface area contributed by atoms with Gasteiger partial charge in [0.1, 0.15) is 12.4 Å². The summed E-state index contributed by atoms with van der Waals surface area (Å²) in [5.41, 5.74) is 0.935. The molecule has 2 rings (SSSR count). The standard InChI is InChI=1S/C19H22F2N2O2/c1-13-8-9-15(12-17(13)21)22-19(24)14(2)23(3)10-11-25-18-7-5-4-6-16(18)20/h4-9,12,14H,10-11H2,1-3H3,(H,22,24). The Bertz CT molecular complexity index is 737. The highest BCUT2D eigenvalue weighted by atomic mass is 19.1. The smallest absolute Gasteiger partial charge is 0.241 e. The molecular weight excluding hydrogens is 326 g/mol. The third kappa shape index (κ3) is 5.26. The van der Waals surface area contributed by atoms with Crippen LogP contribution in [0.5, 0.6) is 5.75 Å². The van der Waals surface area contributed by atoms with Crippen LogP contribution in [-0.4, -0.2) is 37.0 Å². The van der Waals surface area contributed by atoms with Crippen molar-refractivity contribution in [2.24, 2.45) is 0 Å². The molecule has 0 bridgehead atoms. The Morgan fingerprint density at radius 2 is 1.92 bits per heavy atom. The maximum absolute atomic E-state index is 13.5. The van der Waals surface area contributed by atoms with Gasteiger partial charge in [0.05, 0.1) is 6.04 Å². The Labute approximate surface area is 146 Å². The molecule has 0 aliphatic rings. The van der Waals surface area contributed by atoms with Gasteiger partial charge < -0.3 is 10.1 Å². The largest absolute Gasteiger partial charge is 0.489 e. The number of amides is 1. The third-order valence-electron chi connectivity index (χ3n) is 4.02. The number of hydrogen-bond donors (Lipinski definition) is 1. The van der Waals surface area contributed by atoms with Gasteiger partial charge in [-0.2, -0.15) is 0 Å². The molecule has 6 heteroatoms. The number of benzene rings is 2. The number of aryl methyl sites for hydroxylation is 1. The molecule has 4 nitrogen and oxygen atoms in total. The Balaban J connectivity index is 1.84. The number of ether oxygens (including phenoxy) is 1. The van der Waals surface area contributed by atoms with Crippen LogP contribution in [-0.2, 0) is 4.79 Å². The molecule has 0 saturated carbocycles. The van der Waals surface area contributed by atoms with Gasteiger partial charge in [-0.15, -0.1) is 0 Å². The average molecular weight is 348 g/mol. The SMILES string of the molecule is Cc1ccc(NC(=O)C(C)N(C)CCOc2ccccc2F)cc1F. The zero-order valence-corrected chi connectivity index (χ0v) is 14.6. The van der Waals surface area contributed by atoms with E-state index in [-0.39, 0.29) is 24.1 Å². The van der Waals surface area contributed by atoms with Crippen LogP contribution in [0.2, 0.25) is 0 Å². The second kappa shape index (κ2) is 8.58. The van der Waals surface area contributed by atoms with Crippen molar-refractivity contribution >= 4 is 11.6 Å². The maximum Gasteiger partial charge on any atom is 0.241 e. The van der Waals surface area contributed by atoms with Crippen LogP contribution in [0.1, 0.15) is 12.5 Å². The van der Waals surface area contributed by atoms with Gasteiger partial charge in [0.25, 0.3) is 0 Å². The number of anilines is 1. The van der Waals surface area contributed by atoms with Gasteiger partial charge in [0, 0.05) is 12.2 Å². The van der Waals surface area contributed by atoms with Crippen molar-refractivity contribution in [3.05, 3.63) is 59.7 Å². The highest BCUT2D eigenvalue weighted by Crippen LogP contribution is 2.16. The Hall–Kier alpha value is -2.47.